The van der Waals surface area contributed by atoms with Gasteiger partial charge in [0.1, 0.15) is 22.8 Å². The van der Waals surface area contributed by atoms with Gasteiger partial charge in [-0.1, -0.05) is 30.3 Å². The topological polar surface area (TPSA) is 84.3 Å². The average molecular weight is 400 g/mol. The van der Waals surface area contributed by atoms with Crippen LogP contribution in [0.25, 0.3) is 11.5 Å². The van der Waals surface area contributed by atoms with E-state index in [0.29, 0.717) is 17.2 Å². The average Bonchev–Trinajstić information content (AvgIpc) is 3.30. The van der Waals surface area contributed by atoms with Crippen LogP contribution in [-0.2, 0) is 0 Å². The number of para-hydroxylation sites is 1. The van der Waals surface area contributed by atoms with Gasteiger partial charge in [0.15, 0.2) is 0 Å². The summed E-state index contributed by atoms with van der Waals surface area (Å²) in [6, 6.07) is 23.3. The summed E-state index contributed by atoms with van der Waals surface area (Å²) >= 11 is 0. The van der Waals surface area contributed by atoms with E-state index in [2.05, 4.69) is 10.3 Å². The van der Waals surface area contributed by atoms with Crippen molar-refractivity contribution < 1.29 is 13.9 Å². The largest absolute Gasteiger partial charge is 0.463 e. The van der Waals surface area contributed by atoms with Crippen molar-refractivity contribution in [2.24, 2.45) is 0 Å². The predicted molar refractivity (Wildman–Crippen MR) is 114 cm³/mol. The molecule has 6 heteroatoms. The fourth-order valence-corrected chi connectivity index (χ4v) is 3.03. The number of carbonyl (C=O) groups excluding carboxylic acids is 1. The Bertz CT molecular complexity index is 1180. The zero-order valence-corrected chi connectivity index (χ0v) is 16.3. The maximum Gasteiger partial charge on any atom is 0.261 e. The third-order valence-corrected chi connectivity index (χ3v) is 4.65. The van der Waals surface area contributed by atoms with Crippen molar-refractivity contribution in [2.45, 2.75) is 13.0 Å². The molecule has 1 amide bonds. The van der Waals surface area contributed by atoms with Crippen molar-refractivity contribution in [2.75, 3.05) is 0 Å². The normalized spacial score (nSPS) is 11.6. The summed E-state index contributed by atoms with van der Waals surface area (Å²) in [6.45, 7) is 1.86. The van der Waals surface area contributed by atoms with E-state index < -0.39 is 11.5 Å². The predicted octanol–water partition coefficient (Wildman–Crippen LogP) is 4.92. The van der Waals surface area contributed by atoms with Gasteiger partial charge in [0.25, 0.3) is 11.5 Å². The molecule has 0 radical (unpaired) electrons. The molecular weight excluding hydrogens is 380 g/mol. The second-order valence-corrected chi connectivity index (χ2v) is 6.77. The fourth-order valence-electron chi connectivity index (χ4n) is 3.03. The molecule has 0 bridgehead atoms. The smallest absolute Gasteiger partial charge is 0.261 e. The summed E-state index contributed by atoms with van der Waals surface area (Å²) in [4.78, 5) is 27.6. The van der Waals surface area contributed by atoms with E-state index in [1.54, 1.807) is 18.2 Å². The molecule has 2 N–H and O–H groups in total. The minimum atomic E-state index is -0.472. The Hall–Kier alpha value is -4.06. The number of hydrogen-bond acceptors (Lipinski definition) is 4. The van der Waals surface area contributed by atoms with Crippen molar-refractivity contribution in [3.63, 3.8) is 0 Å². The summed E-state index contributed by atoms with van der Waals surface area (Å²) in [5.41, 5.74) is 0.984. The van der Waals surface area contributed by atoms with Gasteiger partial charge < -0.3 is 19.5 Å². The van der Waals surface area contributed by atoms with Gasteiger partial charge in [-0.3, -0.25) is 9.59 Å². The Morgan fingerprint density at radius 1 is 0.933 bits per heavy atom. The summed E-state index contributed by atoms with van der Waals surface area (Å²) < 4.78 is 11.0. The lowest BCUT2D eigenvalue weighted by molar-refractivity contribution is 0.0938. The monoisotopic (exact) mass is 400 g/mol. The second-order valence-electron chi connectivity index (χ2n) is 6.77. The van der Waals surface area contributed by atoms with Gasteiger partial charge >= 0.3 is 0 Å². The van der Waals surface area contributed by atoms with Gasteiger partial charge in [-0.15, -0.1) is 0 Å². The molecule has 1 unspecified atom stereocenters. The molecule has 30 heavy (non-hydrogen) atoms. The van der Waals surface area contributed by atoms with Crippen molar-refractivity contribution in [3.05, 3.63) is 107 Å². The van der Waals surface area contributed by atoms with Crippen LogP contribution >= 0.6 is 0 Å². The first kappa shape index (κ1) is 19.3. The Labute approximate surface area is 173 Å². The minimum absolute atomic E-state index is 0.0428. The lowest BCUT2D eigenvalue weighted by Gasteiger charge is -2.15. The van der Waals surface area contributed by atoms with Crippen molar-refractivity contribution in [3.8, 4) is 23.0 Å². The number of furan rings is 1. The molecule has 0 spiro atoms. The van der Waals surface area contributed by atoms with Crippen molar-refractivity contribution >= 4 is 5.91 Å². The van der Waals surface area contributed by atoms with Crippen LogP contribution in [0.2, 0.25) is 0 Å². The Morgan fingerprint density at radius 2 is 1.67 bits per heavy atom. The first-order chi connectivity index (χ1) is 14.6. The number of hydrogen-bond donors (Lipinski definition) is 2. The summed E-state index contributed by atoms with van der Waals surface area (Å²) in [7, 11) is 0. The molecule has 1 atom stereocenters. The number of ether oxygens (including phenoxy) is 1. The van der Waals surface area contributed by atoms with Crippen LogP contribution in [0, 0.1) is 0 Å². The highest BCUT2D eigenvalue weighted by Gasteiger charge is 2.15. The SMILES string of the molecule is CC(NC(=O)c1ccc(-c2ccco2)[nH]c1=O)c1ccc(Oc2ccccc2)cc1. The number of aromatic nitrogens is 1. The Morgan fingerprint density at radius 3 is 2.33 bits per heavy atom. The highest BCUT2D eigenvalue weighted by atomic mass is 16.5. The molecule has 0 aliphatic heterocycles. The van der Waals surface area contributed by atoms with E-state index in [1.165, 1.54) is 12.3 Å². The Balaban J connectivity index is 1.42. The summed E-state index contributed by atoms with van der Waals surface area (Å²) in [5.74, 6) is 1.54. The number of nitrogens with one attached hydrogen (secondary N) is 2. The van der Waals surface area contributed by atoms with Crippen LogP contribution in [0.1, 0.15) is 28.9 Å². The number of pyridine rings is 1. The summed E-state index contributed by atoms with van der Waals surface area (Å²) in [5, 5.41) is 2.85. The first-order valence-electron chi connectivity index (χ1n) is 9.51. The zero-order valence-electron chi connectivity index (χ0n) is 16.3. The molecule has 2 aromatic carbocycles. The van der Waals surface area contributed by atoms with Crippen molar-refractivity contribution in [1.82, 2.24) is 10.3 Å². The fraction of sp³-hybridized carbons (Fsp3) is 0.0833. The minimum Gasteiger partial charge on any atom is -0.463 e. The third kappa shape index (κ3) is 4.33. The van der Waals surface area contributed by atoms with Crippen LogP contribution in [0.3, 0.4) is 0 Å². The van der Waals surface area contributed by atoms with Crippen LogP contribution < -0.4 is 15.6 Å². The summed E-state index contributed by atoms with van der Waals surface area (Å²) in [6.07, 6.45) is 1.52. The van der Waals surface area contributed by atoms with Gasteiger partial charge in [-0.25, -0.2) is 0 Å². The molecule has 0 aliphatic rings. The zero-order chi connectivity index (χ0) is 20.9. The first-order valence-corrected chi connectivity index (χ1v) is 9.51. The number of amides is 1. The molecule has 4 rings (SSSR count). The van der Waals surface area contributed by atoms with Crippen LogP contribution in [-0.4, -0.2) is 10.9 Å². The quantitative estimate of drug-likeness (QED) is 0.481. The van der Waals surface area contributed by atoms with Gasteiger partial charge in [-0.05, 0) is 61.0 Å². The molecular formula is C24H20N2O4. The van der Waals surface area contributed by atoms with Crippen LogP contribution in [0.5, 0.6) is 11.5 Å². The number of aromatic amines is 1. The molecule has 0 saturated carbocycles. The molecule has 0 fully saturated rings. The lowest BCUT2D eigenvalue weighted by Crippen LogP contribution is -2.31. The highest BCUT2D eigenvalue weighted by Crippen LogP contribution is 2.23. The number of carbonyl (C=O) groups is 1. The molecule has 4 aromatic rings. The molecule has 150 valence electrons. The van der Waals surface area contributed by atoms with E-state index >= 15 is 0 Å². The maximum absolute atomic E-state index is 12.6. The van der Waals surface area contributed by atoms with Gasteiger partial charge in [0.05, 0.1) is 18.0 Å². The Kier molecular flexibility index (Phi) is 5.48. The molecule has 0 saturated heterocycles. The van der Waals surface area contributed by atoms with E-state index in [-0.39, 0.29) is 11.6 Å². The lowest BCUT2D eigenvalue weighted by atomic mass is 10.1. The molecule has 2 heterocycles. The van der Waals surface area contributed by atoms with E-state index in [9.17, 15) is 9.59 Å². The van der Waals surface area contributed by atoms with E-state index in [1.807, 2.05) is 61.5 Å². The van der Waals surface area contributed by atoms with Crippen LogP contribution in [0.4, 0.5) is 0 Å². The molecule has 0 aliphatic carbocycles. The maximum atomic E-state index is 12.6. The molecule has 6 nitrogen and oxygen atoms in total. The van der Waals surface area contributed by atoms with Gasteiger partial charge in [0.2, 0.25) is 0 Å². The van der Waals surface area contributed by atoms with Crippen LogP contribution in [0.15, 0.2) is 94.3 Å². The van der Waals surface area contributed by atoms with E-state index in [4.69, 9.17) is 9.15 Å². The number of benzene rings is 2. The van der Waals surface area contributed by atoms with Gasteiger partial charge in [-0.2, -0.15) is 0 Å². The number of rotatable bonds is 6. The molecule has 2 aromatic heterocycles. The standard InChI is InChI=1S/C24H20N2O4/c1-16(17-9-11-19(12-10-17)30-18-6-3-2-4-7-18)25-23(27)20-13-14-21(26-24(20)28)22-8-5-15-29-22/h2-16H,1H3,(H,25,27)(H,26,28). The number of H-pyrrole nitrogens is 1. The second kappa shape index (κ2) is 8.53. The van der Waals surface area contributed by atoms with E-state index in [0.717, 1.165) is 11.3 Å². The van der Waals surface area contributed by atoms with Crippen molar-refractivity contribution in [1.29, 1.82) is 0 Å². The van der Waals surface area contributed by atoms with Gasteiger partial charge in [0, 0.05) is 0 Å². The third-order valence-electron chi connectivity index (χ3n) is 4.65. The highest BCUT2D eigenvalue weighted by molar-refractivity contribution is 5.94.